The van der Waals surface area contributed by atoms with E-state index >= 15 is 0 Å². The highest BCUT2D eigenvalue weighted by atomic mass is 32.1. The number of fused-ring (bicyclic) bond motifs is 7. The Morgan fingerprint density at radius 2 is 1.32 bits per heavy atom. The van der Waals surface area contributed by atoms with Crippen LogP contribution in [0, 0.1) is 0 Å². The molecule has 0 saturated heterocycles. The number of hydrogen-bond donors (Lipinski definition) is 1. The quantitative estimate of drug-likeness (QED) is 0.183. The number of benzene rings is 7. The zero-order chi connectivity index (χ0) is 38.9. The predicted octanol–water partition coefficient (Wildman–Crippen LogP) is 12.2. The Morgan fingerprint density at radius 1 is 0.576 bits per heavy atom. The molecule has 0 spiro atoms. The van der Waals surface area contributed by atoms with Crippen LogP contribution in [0.5, 0.6) is 0 Å². The lowest BCUT2D eigenvalue weighted by molar-refractivity contribution is 0.659. The summed E-state index contributed by atoms with van der Waals surface area (Å²) in [7, 11) is 0. The van der Waals surface area contributed by atoms with Crippen molar-refractivity contribution in [1.82, 2.24) is 5.32 Å². The molecular formula is C52H35N5OS. The van der Waals surface area contributed by atoms with Crippen LogP contribution >= 0.6 is 11.3 Å². The second kappa shape index (κ2) is 13.6. The standard InChI is InChI=1S/C52H35N5OS/c1-3-14-32(15-4-1)49-54-50(56-51(55-49)41-24-13-22-39-38-20-7-10-27-45(38)58-47(39)41)34-17-11-16-33(30-34)37-21-12-23-40-42-31-35(28-29-46(42)59-48(37)40)52-53-43-25-8-9-26-44(43)57(52)36-18-5-2-6-19-36/h1-31,43-44,50H,(H,54,55,56). The Morgan fingerprint density at radius 3 is 2.22 bits per heavy atom. The van der Waals surface area contributed by atoms with Gasteiger partial charge in [0, 0.05) is 47.8 Å². The number of nitrogens with one attached hydrogen (secondary N) is 1. The lowest BCUT2D eigenvalue weighted by atomic mass is 9.99. The molecule has 3 aliphatic rings. The highest BCUT2D eigenvalue weighted by molar-refractivity contribution is 7.26. The minimum absolute atomic E-state index is 0.0806. The van der Waals surface area contributed by atoms with Crippen LogP contribution in [0.4, 0.5) is 5.69 Å². The summed E-state index contributed by atoms with van der Waals surface area (Å²) in [6.45, 7) is 0. The fourth-order valence-corrected chi connectivity index (χ4v) is 10.0. The number of nitrogens with zero attached hydrogens (tertiary/aromatic N) is 4. The van der Waals surface area contributed by atoms with E-state index in [9.17, 15) is 0 Å². The van der Waals surface area contributed by atoms with Crippen molar-refractivity contribution in [3.05, 3.63) is 210 Å². The molecule has 2 aromatic heterocycles. The molecule has 1 N–H and O–H groups in total. The minimum atomic E-state index is -0.380. The van der Waals surface area contributed by atoms with Crippen molar-refractivity contribution < 1.29 is 4.42 Å². The molecule has 0 amide bonds. The van der Waals surface area contributed by atoms with Gasteiger partial charge in [-0.2, -0.15) is 0 Å². The Labute approximate surface area is 344 Å². The van der Waals surface area contributed by atoms with E-state index in [-0.39, 0.29) is 18.2 Å². The predicted molar refractivity (Wildman–Crippen MR) is 245 cm³/mol. The van der Waals surface area contributed by atoms with E-state index in [4.69, 9.17) is 19.4 Å². The summed E-state index contributed by atoms with van der Waals surface area (Å²) in [5.74, 6) is 2.40. The first kappa shape index (κ1) is 33.8. The second-order valence-electron chi connectivity index (χ2n) is 15.1. The normalized spacial score (nSPS) is 18.6. The summed E-state index contributed by atoms with van der Waals surface area (Å²) in [6, 6.07) is 57.8. The van der Waals surface area contributed by atoms with Gasteiger partial charge in [0.15, 0.2) is 5.84 Å². The van der Waals surface area contributed by atoms with Crippen LogP contribution in [-0.4, -0.2) is 29.6 Å². The van der Waals surface area contributed by atoms with Gasteiger partial charge in [-0.25, -0.2) is 9.98 Å². The molecule has 0 fully saturated rings. The fourth-order valence-electron chi connectivity index (χ4n) is 8.83. The number of aliphatic imine (C=N–C) groups is 3. The van der Waals surface area contributed by atoms with Crippen LogP contribution in [0.3, 0.4) is 0 Å². The average molecular weight is 778 g/mol. The van der Waals surface area contributed by atoms with Crippen molar-refractivity contribution >= 4 is 76.6 Å². The number of furan rings is 1. The molecule has 3 unspecified atom stereocenters. The van der Waals surface area contributed by atoms with Crippen molar-refractivity contribution in [2.75, 3.05) is 4.90 Å². The second-order valence-corrected chi connectivity index (χ2v) is 16.2. The van der Waals surface area contributed by atoms with Crippen molar-refractivity contribution in [2.24, 2.45) is 15.0 Å². The number of para-hydroxylation sites is 3. The van der Waals surface area contributed by atoms with Gasteiger partial charge in [-0.3, -0.25) is 4.99 Å². The molecule has 9 aromatic rings. The summed E-state index contributed by atoms with van der Waals surface area (Å²) in [6.07, 6.45) is 8.33. The molecule has 1 aliphatic carbocycles. The number of rotatable bonds is 6. The molecule has 0 saturated carbocycles. The third-order valence-electron chi connectivity index (χ3n) is 11.6. The van der Waals surface area contributed by atoms with Gasteiger partial charge in [0.25, 0.3) is 0 Å². The summed E-state index contributed by atoms with van der Waals surface area (Å²) in [5, 5.41) is 8.34. The molecule has 4 heterocycles. The highest BCUT2D eigenvalue weighted by Crippen LogP contribution is 2.42. The molecule has 59 heavy (non-hydrogen) atoms. The van der Waals surface area contributed by atoms with E-state index in [0.29, 0.717) is 5.84 Å². The largest absolute Gasteiger partial charge is 0.455 e. The van der Waals surface area contributed by atoms with Gasteiger partial charge < -0.3 is 14.6 Å². The van der Waals surface area contributed by atoms with Gasteiger partial charge in [-0.05, 0) is 65.2 Å². The van der Waals surface area contributed by atoms with Gasteiger partial charge in [0.1, 0.15) is 29.0 Å². The Bertz CT molecular complexity index is 3280. The molecule has 280 valence electrons. The molecule has 7 aromatic carbocycles. The third-order valence-corrected chi connectivity index (χ3v) is 12.8. The van der Waals surface area contributed by atoms with Crippen LogP contribution < -0.4 is 10.2 Å². The monoisotopic (exact) mass is 777 g/mol. The first-order valence-corrected chi connectivity index (χ1v) is 20.8. The summed E-state index contributed by atoms with van der Waals surface area (Å²) < 4.78 is 8.98. The van der Waals surface area contributed by atoms with Crippen LogP contribution in [0.15, 0.2) is 207 Å². The lowest BCUT2D eigenvalue weighted by Crippen LogP contribution is -2.39. The smallest absolute Gasteiger partial charge is 0.159 e. The molecule has 6 nitrogen and oxygen atoms in total. The summed E-state index contributed by atoms with van der Waals surface area (Å²) >= 11 is 1.84. The lowest BCUT2D eigenvalue weighted by Gasteiger charge is -2.29. The van der Waals surface area contributed by atoms with Crippen molar-refractivity contribution in [2.45, 2.75) is 18.2 Å². The van der Waals surface area contributed by atoms with Gasteiger partial charge in [0.05, 0.1) is 17.6 Å². The van der Waals surface area contributed by atoms with E-state index in [1.807, 2.05) is 47.7 Å². The zero-order valence-electron chi connectivity index (χ0n) is 31.7. The van der Waals surface area contributed by atoms with Gasteiger partial charge >= 0.3 is 0 Å². The third kappa shape index (κ3) is 5.65. The number of allylic oxidation sites excluding steroid dienone is 2. The molecule has 3 atom stereocenters. The fraction of sp³-hybridized carbons (Fsp3) is 0.0577. The molecule has 0 bridgehead atoms. The minimum Gasteiger partial charge on any atom is -0.455 e. The Hall–Kier alpha value is -7.35. The van der Waals surface area contributed by atoms with Gasteiger partial charge in [-0.15, -0.1) is 11.3 Å². The molecule has 0 radical (unpaired) electrons. The average Bonchev–Trinajstić information content (AvgIpc) is 4.01. The zero-order valence-corrected chi connectivity index (χ0v) is 32.6. The number of thiophene rings is 1. The van der Waals surface area contributed by atoms with Gasteiger partial charge in [-0.1, -0.05) is 140 Å². The number of hydrogen-bond acceptors (Lipinski definition) is 7. The van der Waals surface area contributed by atoms with E-state index < -0.39 is 0 Å². The molecule has 2 aliphatic heterocycles. The first-order valence-electron chi connectivity index (χ1n) is 20.0. The Balaban J connectivity index is 0.933. The van der Waals surface area contributed by atoms with Crippen LogP contribution in [0.1, 0.15) is 28.4 Å². The van der Waals surface area contributed by atoms with E-state index in [1.165, 1.54) is 25.7 Å². The van der Waals surface area contributed by atoms with Crippen LogP contribution in [0.25, 0.3) is 53.2 Å². The summed E-state index contributed by atoms with van der Waals surface area (Å²) in [5.41, 5.74) is 9.17. The summed E-state index contributed by atoms with van der Waals surface area (Å²) in [4.78, 5) is 18.0. The SMILES string of the molecule is C1=CC2N=C(c3ccc4sc5c(-c6cccc(C7N=C(c8ccccc8)N=C(c8cccc9c8oc8ccccc89)N7)c6)cccc5c4c3)N(c3ccccc3)C2C=C1. The van der Waals surface area contributed by atoms with Crippen LogP contribution in [-0.2, 0) is 0 Å². The maximum absolute atomic E-state index is 6.47. The van der Waals surface area contributed by atoms with E-state index in [0.717, 1.165) is 67.1 Å². The Kier molecular flexibility index (Phi) is 7.81. The van der Waals surface area contributed by atoms with Crippen molar-refractivity contribution in [3.8, 4) is 11.1 Å². The molecular weight excluding hydrogens is 743 g/mol. The van der Waals surface area contributed by atoms with Crippen LogP contribution in [0.2, 0.25) is 0 Å². The topological polar surface area (TPSA) is 65.5 Å². The highest BCUT2D eigenvalue weighted by Gasteiger charge is 2.36. The first-order chi connectivity index (χ1) is 29.2. The van der Waals surface area contributed by atoms with E-state index in [1.54, 1.807) is 0 Å². The maximum atomic E-state index is 6.47. The van der Waals surface area contributed by atoms with Gasteiger partial charge in [0.2, 0.25) is 0 Å². The van der Waals surface area contributed by atoms with E-state index in [2.05, 4.69) is 162 Å². The maximum Gasteiger partial charge on any atom is 0.159 e. The number of anilines is 1. The van der Waals surface area contributed by atoms with Crippen molar-refractivity contribution in [3.63, 3.8) is 0 Å². The molecule has 7 heteroatoms. The van der Waals surface area contributed by atoms with Crippen molar-refractivity contribution in [1.29, 1.82) is 0 Å². The molecule has 12 rings (SSSR count). The number of amidine groups is 3.